The Balaban J connectivity index is 1.39. The smallest absolute Gasteiger partial charge is 0.251 e. The Labute approximate surface area is 206 Å². The molecule has 0 radical (unpaired) electrons. The van der Waals surface area contributed by atoms with Gasteiger partial charge < -0.3 is 15.8 Å². The fourth-order valence-corrected chi connectivity index (χ4v) is 5.58. The number of fused-ring (bicyclic) bond motifs is 2. The van der Waals surface area contributed by atoms with E-state index in [1.165, 1.54) is 0 Å². The molecule has 7 heteroatoms. The van der Waals surface area contributed by atoms with Gasteiger partial charge in [0.05, 0.1) is 30.7 Å². The van der Waals surface area contributed by atoms with Crippen LogP contribution in [0.5, 0.6) is 5.75 Å². The van der Waals surface area contributed by atoms with E-state index >= 15 is 0 Å². The van der Waals surface area contributed by atoms with Crippen molar-refractivity contribution < 1.29 is 14.3 Å². The van der Waals surface area contributed by atoms with Crippen molar-refractivity contribution in [3.05, 3.63) is 64.7 Å². The second-order valence-corrected chi connectivity index (χ2v) is 10.7. The minimum absolute atomic E-state index is 0.00673. The number of nitrogens with one attached hydrogen (secondary N) is 1. The summed E-state index contributed by atoms with van der Waals surface area (Å²) in [4.78, 5) is 32.9. The third-order valence-electron chi connectivity index (χ3n) is 8.04. The van der Waals surface area contributed by atoms with Crippen LogP contribution in [0.25, 0.3) is 0 Å². The zero-order valence-corrected chi connectivity index (χ0v) is 20.9. The molecular formula is C28H34N4O3. The van der Waals surface area contributed by atoms with E-state index in [-0.39, 0.29) is 35.3 Å². The largest absolute Gasteiger partial charge is 0.493 e. The Bertz CT molecular complexity index is 1210. The maximum Gasteiger partial charge on any atom is 0.251 e. The maximum atomic E-state index is 13.4. The number of nitrogens with zero attached hydrogens (tertiary/aromatic N) is 2. The second-order valence-electron chi connectivity index (χ2n) is 10.7. The number of benzene rings is 2. The zero-order chi connectivity index (χ0) is 25.0. The molecule has 2 aliphatic heterocycles. The van der Waals surface area contributed by atoms with Crippen LogP contribution in [-0.4, -0.2) is 34.8 Å². The number of nitrogens with two attached hydrogens (primary N) is 1. The fraction of sp³-hybridized carbons (Fsp3) is 0.464. The predicted molar refractivity (Wildman–Crippen MR) is 135 cm³/mol. The molecule has 1 unspecified atom stereocenters. The number of ether oxygens (including phenoxy) is 1. The van der Waals surface area contributed by atoms with Crippen LogP contribution in [0.1, 0.15) is 86.1 Å². The van der Waals surface area contributed by atoms with Crippen LogP contribution in [0.2, 0.25) is 0 Å². The first-order chi connectivity index (χ1) is 16.7. The molecule has 0 saturated heterocycles. The molecule has 184 valence electrons. The van der Waals surface area contributed by atoms with Crippen molar-refractivity contribution in [2.75, 3.05) is 6.61 Å². The Morgan fingerprint density at radius 1 is 1.17 bits per heavy atom. The summed E-state index contributed by atoms with van der Waals surface area (Å²) in [6, 6.07) is 13.2. The van der Waals surface area contributed by atoms with Crippen molar-refractivity contribution in [2.45, 2.75) is 71.0 Å². The molecule has 1 aliphatic carbocycles. The molecule has 0 spiro atoms. The molecule has 5 rings (SSSR count). The molecule has 0 aromatic heterocycles. The summed E-state index contributed by atoms with van der Waals surface area (Å²) in [5.41, 5.74) is 9.32. The van der Waals surface area contributed by atoms with E-state index in [4.69, 9.17) is 15.5 Å². The van der Waals surface area contributed by atoms with E-state index in [0.717, 1.165) is 35.3 Å². The van der Waals surface area contributed by atoms with Crippen molar-refractivity contribution in [3.63, 3.8) is 0 Å². The van der Waals surface area contributed by atoms with Gasteiger partial charge in [-0.2, -0.15) is 0 Å². The number of amides is 2. The zero-order valence-electron chi connectivity index (χ0n) is 20.9. The molecule has 2 heterocycles. The van der Waals surface area contributed by atoms with Crippen molar-refractivity contribution in [2.24, 2.45) is 16.1 Å². The van der Waals surface area contributed by atoms with Gasteiger partial charge in [-0.1, -0.05) is 52.0 Å². The summed E-state index contributed by atoms with van der Waals surface area (Å²) >= 11 is 0. The first kappa shape index (κ1) is 23.4. The number of hydrogen-bond donors (Lipinski definition) is 2. The number of para-hydroxylation sites is 1. The van der Waals surface area contributed by atoms with E-state index < -0.39 is 5.54 Å². The van der Waals surface area contributed by atoms with Gasteiger partial charge >= 0.3 is 0 Å². The molecule has 0 fully saturated rings. The molecular weight excluding hydrogens is 440 g/mol. The molecule has 0 saturated carbocycles. The highest BCUT2D eigenvalue weighted by molar-refractivity contribution is 6.00. The standard InChI is InChI=1S/C28H34N4O3/c1-5-28(6-2)15-23(33)32(26(29)31-28)21-14-17-11-12-18(13-20(17)21)25(34)30-24-19-9-7-8-10-22(19)35-16-27(24,3)4/h7-13,21,24H,5-6,14-16H2,1-4H3,(H2,29,31)(H,30,34)/t21?,24-/m1/s1. The lowest BCUT2D eigenvalue weighted by atomic mass is 9.78. The van der Waals surface area contributed by atoms with Crippen LogP contribution in [0.3, 0.4) is 0 Å². The Hall–Kier alpha value is -3.35. The minimum atomic E-state index is -0.404. The van der Waals surface area contributed by atoms with Crippen LogP contribution >= 0.6 is 0 Å². The van der Waals surface area contributed by atoms with Crippen LogP contribution < -0.4 is 15.8 Å². The lowest BCUT2D eigenvalue weighted by molar-refractivity contribution is -0.132. The normalized spacial score (nSPS) is 23.8. The lowest BCUT2D eigenvalue weighted by Gasteiger charge is -2.44. The van der Waals surface area contributed by atoms with E-state index in [0.29, 0.717) is 25.0 Å². The van der Waals surface area contributed by atoms with Crippen molar-refractivity contribution in [1.82, 2.24) is 10.2 Å². The number of guanidine groups is 1. The summed E-state index contributed by atoms with van der Waals surface area (Å²) in [6.45, 7) is 8.81. The van der Waals surface area contributed by atoms with Gasteiger partial charge in [0.25, 0.3) is 5.91 Å². The third-order valence-corrected chi connectivity index (χ3v) is 8.04. The fourth-order valence-electron chi connectivity index (χ4n) is 5.58. The predicted octanol–water partition coefficient (Wildman–Crippen LogP) is 4.28. The summed E-state index contributed by atoms with van der Waals surface area (Å²) in [5, 5.41) is 3.24. The van der Waals surface area contributed by atoms with Gasteiger partial charge in [0.2, 0.25) is 5.91 Å². The Kier molecular flexibility index (Phi) is 5.61. The number of rotatable bonds is 5. The summed E-state index contributed by atoms with van der Waals surface area (Å²) in [5.74, 6) is 0.960. The lowest BCUT2D eigenvalue weighted by Crippen LogP contribution is -2.54. The highest BCUT2D eigenvalue weighted by Crippen LogP contribution is 2.44. The highest BCUT2D eigenvalue weighted by Gasteiger charge is 2.44. The molecule has 3 N–H and O–H groups in total. The van der Waals surface area contributed by atoms with Gasteiger partial charge in [-0.25, -0.2) is 4.99 Å². The molecule has 2 aromatic carbocycles. The summed E-state index contributed by atoms with van der Waals surface area (Å²) < 4.78 is 5.92. The molecule has 2 atom stereocenters. The van der Waals surface area contributed by atoms with Crippen molar-refractivity contribution in [1.29, 1.82) is 0 Å². The maximum absolute atomic E-state index is 13.4. The van der Waals surface area contributed by atoms with Gasteiger partial charge in [-0.3, -0.25) is 14.5 Å². The minimum Gasteiger partial charge on any atom is -0.493 e. The average molecular weight is 475 g/mol. The van der Waals surface area contributed by atoms with Gasteiger partial charge in [0, 0.05) is 16.5 Å². The molecule has 7 nitrogen and oxygen atoms in total. The average Bonchev–Trinajstić information content (AvgIpc) is 2.83. The molecule has 35 heavy (non-hydrogen) atoms. The number of carbonyl (C=O) groups is 2. The molecule has 3 aliphatic rings. The Morgan fingerprint density at radius 3 is 2.63 bits per heavy atom. The second kappa shape index (κ2) is 8.40. The topological polar surface area (TPSA) is 97.0 Å². The molecule has 0 bridgehead atoms. The molecule has 2 aromatic rings. The monoisotopic (exact) mass is 474 g/mol. The van der Waals surface area contributed by atoms with Gasteiger partial charge in [-0.05, 0) is 48.6 Å². The van der Waals surface area contributed by atoms with Gasteiger partial charge in [-0.15, -0.1) is 0 Å². The van der Waals surface area contributed by atoms with Crippen LogP contribution in [-0.2, 0) is 11.2 Å². The van der Waals surface area contributed by atoms with Crippen LogP contribution in [0, 0.1) is 5.41 Å². The number of aliphatic imine (C=N–C) groups is 1. The van der Waals surface area contributed by atoms with Crippen LogP contribution in [0.15, 0.2) is 47.5 Å². The SMILES string of the molecule is CCC1(CC)CC(=O)N(C2Cc3ccc(C(=O)N[C@@H]4c5ccccc5OCC4(C)C)cc32)C(N)=N1. The van der Waals surface area contributed by atoms with Crippen molar-refractivity contribution in [3.8, 4) is 5.75 Å². The Morgan fingerprint density at radius 2 is 1.91 bits per heavy atom. The highest BCUT2D eigenvalue weighted by atomic mass is 16.5. The van der Waals surface area contributed by atoms with Gasteiger partial charge in [0.15, 0.2) is 5.96 Å². The van der Waals surface area contributed by atoms with Crippen molar-refractivity contribution >= 4 is 17.8 Å². The molecule has 2 amide bonds. The quantitative estimate of drug-likeness (QED) is 0.676. The van der Waals surface area contributed by atoms with Gasteiger partial charge in [0.1, 0.15) is 5.75 Å². The van der Waals surface area contributed by atoms with E-state index in [1.807, 2.05) is 56.3 Å². The first-order valence-corrected chi connectivity index (χ1v) is 12.5. The van der Waals surface area contributed by atoms with Crippen LogP contribution in [0.4, 0.5) is 0 Å². The third kappa shape index (κ3) is 3.87. The number of carbonyl (C=O) groups excluding carboxylic acids is 2. The number of hydrogen-bond acceptors (Lipinski definition) is 5. The van der Waals surface area contributed by atoms with E-state index in [2.05, 4.69) is 19.2 Å². The summed E-state index contributed by atoms with van der Waals surface area (Å²) in [6.07, 6.45) is 2.64. The van der Waals surface area contributed by atoms with E-state index in [9.17, 15) is 9.59 Å². The summed E-state index contributed by atoms with van der Waals surface area (Å²) in [7, 11) is 0. The first-order valence-electron chi connectivity index (χ1n) is 12.5. The van der Waals surface area contributed by atoms with E-state index in [1.54, 1.807) is 4.90 Å².